The van der Waals surface area contributed by atoms with Crippen LogP contribution in [0.4, 0.5) is 0 Å². The summed E-state index contributed by atoms with van der Waals surface area (Å²) >= 11 is 1.29. The maximum absolute atomic E-state index is 11.1. The molecule has 1 unspecified atom stereocenters. The molecule has 29 heavy (non-hydrogen) atoms. The van der Waals surface area contributed by atoms with Crippen molar-refractivity contribution < 1.29 is 24.9 Å². The van der Waals surface area contributed by atoms with Crippen LogP contribution in [0.25, 0.3) is 11.1 Å². The number of rotatable bonds is 13. The summed E-state index contributed by atoms with van der Waals surface area (Å²) < 4.78 is 0. The molecule has 156 valence electrons. The molecular weight excluding hydrogens is 388 g/mol. The summed E-state index contributed by atoms with van der Waals surface area (Å²) in [4.78, 5) is 21.8. The van der Waals surface area contributed by atoms with Gasteiger partial charge in [0.1, 0.15) is 0 Å². The normalized spacial score (nSPS) is 13.0. The summed E-state index contributed by atoms with van der Waals surface area (Å²) in [6, 6.07) is 19.0. The van der Waals surface area contributed by atoms with Crippen LogP contribution in [0.15, 0.2) is 54.6 Å². The van der Waals surface area contributed by atoms with E-state index in [1.807, 2.05) is 18.2 Å². The number of hydrogen-bond donors (Lipinski definition) is 3. The molecule has 6 heteroatoms. The van der Waals surface area contributed by atoms with Gasteiger partial charge in [-0.05, 0) is 41.7 Å². The molecule has 0 spiro atoms. The van der Waals surface area contributed by atoms with E-state index in [9.17, 15) is 14.7 Å². The highest BCUT2D eigenvalue weighted by Crippen LogP contribution is 2.21. The van der Waals surface area contributed by atoms with Gasteiger partial charge in [0.2, 0.25) is 0 Å². The topological polar surface area (TPSA) is 94.8 Å². The summed E-state index contributed by atoms with van der Waals surface area (Å²) in [6.07, 6.45) is 4.37. The number of aryl methyl sites for hydroxylation is 1. The van der Waals surface area contributed by atoms with E-state index in [1.54, 1.807) is 0 Å². The average Bonchev–Trinajstić information content (AvgIpc) is 2.70. The van der Waals surface area contributed by atoms with Crippen LogP contribution in [0, 0.1) is 0 Å². The summed E-state index contributed by atoms with van der Waals surface area (Å²) in [6.45, 7) is 0. The number of unbranched alkanes of at least 4 members (excludes halogenated alkanes) is 3. The summed E-state index contributed by atoms with van der Waals surface area (Å²) in [5, 5.41) is 27.7. The van der Waals surface area contributed by atoms with Crippen molar-refractivity contribution in [3.05, 3.63) is 60.2 Å². The fourth-order valence-electron chi connectivity index (χ4n) is 3.06. The zero-order valence-electron chi connectivity index (χ0n) is 16.4. The minimum atomic E-state index is -2.19. The Morgan fingerprint density at radius 2 is 1.45 bits per heavy atom. The highest BCUT2D eigenvalue weighted by atomic mass is 32.2. The van der Waals surface area contributed by atoms with Gasteiger partial charge >= 0.3 is 11.9 Å². The number of carboxylic acids is 2. The Hall–Kier alpha value is -2.31. The fourth-order valence-corrected chi connectivity index (χ4v) is 4.18. The third-order valence-electron chi connectivity index (χ3n) is 4.75. The first-order valence-electron chi connectivity index (χ1n) is 9.80. The lowest BCUT2D eigenvalue weighted by Gasteiger charge is -2.20. The van der Waals surface area contributed by atoms with Gasteiger partial charge in [-0.2, -0.15) is 11.8 Å². The lowest BCUT2D eigenvalue weighted by molar-refractivity contribution is -0.162. The minimum absolute atomic E-state index is 0.109. The second-order valence-corrected chi connectivity index (χ2v) is 8.29. The van der Waals surface area contributed by atoms with Gasteiger partial charge in [0.15, 0.2) is 5.60 Å². The summed E-state index contributed by atoms with van der Waals surface area (Å²) in [5.41, 5.74) is 1.56. The highest BCUT2D eigenvalue weighted by Gasteiger charge is 2.38. The van der Waals surface area contributed by atoms with Crippen LogP contribution in [-0.2, 0) is 16.0 Å². The Balaban J connectivity index is 1.60. The predicted molar refractivity (Wildman–Crippen MR) is 116 cm³/mol. The number of carbonyl (C=O) groups is 2. The Kier molecular flexibility index (Phi) is 9.22. The molecule has 3 N–H and O–H groups in total. The first-order chi connectivity index (χ1) is 13.9. The monoisotopic (exact) mass is 416 g/mol. The summed E-state index contributed by atoms with van der Waals surface area (Å²) in [5.74, 6) is -2.19. The number of aliphatic hydroxyl groups is 1. The maximum Gasteiger partial charge on any atom is 0.337 e. The van der Waals surface area contributed by atoms with Crippen LogP contribution in [0.5, 0.6) is 0 Å². The zero-order valence-corrected chi connectivity index (χ0v) is 17.2. The van der Waals surface area contributed by atoms with Crippen LogP contribution >= 0.6 is 11.8 Å². The third kappa shape index (κ3) is 7.91. The Morgan fingerprint density at radius 1 is 0.828 bits per heavy atom. The van der Waals surface area contributed by atoms with Crippen molar-refractivity contribution in [1.29, 1.82) is 0 Å². The molecule has 0 heterocycles. The number of benzene rings is 2. The molecule has 5 nitrogen and oxygen atoms in total. The Morgan fingerprint density at radius 3 is 2.07 bits per heavy atom. The molecule has 0 aliphatic carbocycles. The quantitative estimate of drug-likeness (QED) is 0.417. The van der Waals surface area contributed by atoms with Crippen LogP contribution in [0.2, 0.25) is 0 Å². The first kappa shape index (κ1) is 23.0. The predicted octanol–water partition coefficient (Wildman–Crippen LogP) is 4.48. The third-order valence-corrected chi connectivity index (χ3v) is 6.01. The number of aliphatic carboxylic acids is 2. The second-order valence-electron chi connectivity index (χ2n) is 7.19. The molecule has 1 atom stereocenters. The van der Waals surface area contributed by atoms with Crippen molar-refractivity contribution >= 4 is 23.7 Å². The van der Waals surface area contributed by atoms with Crippen LogP contribution in [0.1, 0.15) is 37.7 Å². The highest BCUT2D eigenvalue weighted by molar-refractivity contribution is 7.99. The molecule has 0 fully saturated rings. The Bertz CT molecular complexity index is 776. The first-order valence-corrected chi connectivity index (χ1v) is 11.0. The molecule has 2 aromatic carbocycles. The van der Waals surface area contributed by atoms with Gasteiger partial charge < -0.3 is 15.3 Å². The lowest BCUT2D eigenvalue weighted by Crippen LogP contribution is -2.43. The van der Waals surface area contributed by atoms with Crippen molar-refractivity contribution in [2.24, 2.45) is 0 Å². The van der Waals surface area contributed by atoms with Crippen molar-refractivity contribution in [2.45, 2.75) is 44.1 Å². The summed E-state index contributed by atoms with van der Waals surface area (Å²) in [7, 11) is 0. The van der Waals surface area contributed by atoms with Gasteiger partial charge in [0.05, 0.1) is 6.42 Å². The molecule has 0 bridgehead atoms. The van der Waals surface area contributed by atoms with Crippen molar-refractivity contribution in [3.63, 3.8) is 0 Å². The van der Waals surface area contributed by atoms with E-state index in [0.717, 1.165) is 32.1 Å². The maximum atomic E-state index is 11.1. The Labute approximate surface area is 175 Å². The molecule has 0 saturated carbocycles. The smallest absolute Gasteiger partial charge is 0.337 e. The lowest BCUT2D eigenvalue weighted by atomic mass is 10.0. The van der Waals surface area contributed by atoms with Crippen molar-refractivity contribution in [2.75, 3.05) is 11.5 Å². The zero-order chi connectivity index (χ0) is 21.1. The fraction of sp³-hybridized carbons (Fsp3) is 0.391. The van der Waals surface area contributed by atoms with E-state index in [-0.39, 0.29) is 5.75 Å². The molecular formula is C23H28O5S. The van der Waals surface area contributed by atoms with Crippen molar-refractivity contribution in [3.8, 4) is 11.1 Å². The van der Waals surface area contributed by atoms with E-state index in [2.05, 4.69) is 36.4 Å². The molecule has 0 aliphatic rings. The second kappa shape index (κ2) is 11.6. The molecule has 0 aliphatic heterocycles. The van der Waals surface area contributed by atoms with Gasteiger partial charge in [0, 0.05) is 5.75 Å². The van der Waals surface area contributed by atoms with E-state index < -0.39 is 24.0 Å². The standard InChI is InChI=1S/C23H28O5S/c24-21(25)16-23(28,22(26)27)17-29-15-7-2-1-4-8-18-11-13-20(14-12-18)19-9-5-3-6-10-19/h3,5-6,9-14,28H,1-2,4,7-8,15-17H2,(H,24,25)(H,26,27). The van der Waals surface area contributed by atoms with E-state index >= 15 is 0 Å². The van der Waals surface area contributed by atoms with E-state index in [1.165, 1.54) is 28.5 Å². The van der Waals surface area contributed by atoms with Crippen LogP contribution in [-0.4, -0.2) is 44.4 Å². The molecule has 0 saturated heterocycles. The van der Waals surface area contributed by atoms with E-state index in [4.69, 9.17) is 10.2 Å². The van der Waals surface area contributed by atoms with E-state index in [0.29, 0.717) is 5.75 Å². The minimum Gasteiger partial charge on any atom is -0.481 e. The van der Waals surface area contributed by atoms with Crippen LogP contribution < -0.4 is 0 Å². The number of hydrogen-bond acceptors (Lipinski definition) is 4. The largest absolute Gasteiger partial charge is 0.481 e. The van der Waals surface area contributed by atoms with Gasteiger partial charge in [-0.1, -0.05) is 67.4 Å². The average molecular weight is 417 g/mol. The van der Waals surface area contributed by atoms with Gasteiger partial charge in [-0.3, -0.25) is 4.79 Å². The van der Waals surface area contributed by atoms with Gasteiger partial charge in [-0.15, -0.1) is 0 Å². The van der Waals surface area contributed by atoms with Crippen LogP contribution in [0.3, 0.4) is 0 Å². The molecule has 2 rings (SSSR count). The van der Waals surface area contributed by atoms with Gasteiger partial charge in [-0.25, -0.2) is 4.79 Å². The van der Waals surface area contributed by atoms with Crippen molar-refractivity contribution in [1.82, 2.24) is 0 Å². The molecule has 0 radical (unpaired) electrons. The molecule has 0 aromatic heterocycles. The molecule has 0 amide bonds. The SMILES string of the molecule is O=C(O)CC(O)(CSCCCCCCc1ccc(-c2ccccc2)cc1)C(=O)O. The number of carboxylic acid groups (broad SMARTS) is 2. The molecule has 2 aromatic rings. The number of thioether (sulfide) groups is 1. The van der Waals surface area contributed by atoms with Gasteiger partial charge in [0.25, 0.3) is 0 Å².